The second kappa shape index (κ2) is 3.85. The van der Waals surface area contributed by atoms with Crippen molar-refractivity contribution in [2.45, 2.75) is 11.6 Å². The van der Waals surface area contributed by atoms with E-state index in [1.807, 2.05) is 0 Å². The summed E-state index contributed by atoms with van der Waals surface area (Å²) in [5, 5.41) is 0. The van der Waals surface area contributed by atoms with Crippen molar-refractivity contribution in [3.8, 4) is 0 Å². The van der Waals surface area contributed by atoms with E-state index in [0.717, 1.165) is 0 Å². The third kappa shape index (κ3) is 3.55. The molecule has 1 N–H and O–H groups in total. The largest absolute Gasteiger partial charge is 0.516 e. The number of carbonyl (C=O) groups excluding carboxylic acids is 1. The summed E-state index contributed by atoms with van der Waals surface area (Å²) in [6.45, 7) is 0.0541. The number of nitrogens with one attached hydrogen (secondary N) is 1. The molecule has 15 heavy (non-hydrogen) atoms. The molecule has 1 saturated heterocycles. The molecule has 0 aromatic carbocycles. The van der Waals surface area contributed by atoms with Gasteiger partial charge in [-0.15, -0.1) is 0 Å². The Bertz CT molecular complexity index is 346. The summed E-state index contributed by atoms with van der Waals surface area (Å²) in [6.07, 6.45) is -2.04. The number of hydrogen-bond donors (Lipinski definition) is 1. The molecule has 88 valence electrons. The standard InChI is InChI=1S/C5H6F3NO5S/c6-5(7,8)15(11,12)9-4(10)14-2-3-1-13-3/h3H,1-2H2,(H,9,10). The van der Waals surface area contributed by atoms with Gasteiger partial charge in [0, 0.05) is 0 Å². The fraction of sp³-hybridized carbons (Fsp3) is 0.800. The van der Waals surface area contributed by atoms with E-state index in [4.69, 9.17) is 0 Å². The zero-order valence-corrected chi connectivity index (χ0v) is 7.89. The van der Waals surface area contributed by atoms with E-state index in [-0.39, 0.29) is 12.7 Å². The number of sulfonamides is 1. The molecule has 0 spiro atoms. The molecule has 1 aliphatic heterocycles. The van der Waals surface area contributed by atoms with Crippen molar-refractivity contribution in [3.05, 3.63) is 0 Å². The van der Waals surface area contributed by atoms with E-state index in [0.29, 0.717) is 11.3 Å². The Labute approximate surface area is 82.4 Å². The summed E-state index contributed by atoms with van der Waals surface area (Å²) in [5.41, 5.74) is -5.54. The van der Waals surface area contributed by atoms with Crippen molar-refractivity contribution in [2.24, 2.45) is 0 Å². The molecule has 1 rings (SSSR count). The molecule has 1 atom stereocenters. The molecule has 10 heteroatoms. The number of carbonyl (C=O) groups is 1. The molecule has 1 aliphatic rings. The van der Waals surface area contributed by atoms with Crippen molar-refractivity contribution in [2.75, 3.05) is 13.2 Å². The number of ether oxygens (including phenoxy) is 2. The highest BCUT2D eigenvalue weighted by molar-refractivity contribution is 7.90. The lowest BCUT2D eigenvalue weighted by atomic mass is 10.5. The van der Waals surface area contributed by atoms with Crippen molar-refractivity contribution in [1.82, 2.24) is 4.72 Å². The number of alkyl halides is 3. The van der Waals surface area contributed by atoms with Crippen LogP contribution in [0.3, 0.4) is 0 Å². The van der Waals surface area contributed by atoms with Crippen LogP contribution >= 0.6 is 0 Å². The molecule has 0 aliphatic carbocycles. The molecule has 1 unspecified atom stereocenters. The minimum atomic E-state index is -5.69. The average molecular weight is 249 g/mol. The van der Waals surface area contributed by atoms with Crippen LogP contribution in [-0.4, -0.2) is 39.3 Å². The molecule has 0 aromatic heterocycles. The monoisotopic (exact) mass is 249 g/mol. The third-order valence-corrected chi connectivity index (χ3v) is 2.37. The van der Waals surface area contributed by atoms with Gasteiger partial charge in [0.2, 0.25) is 0 Å². The number of halogens is 3. The molecule has 0 bridgehead atoms. The van der Waals surface area contributed by atoms with Crippen LogP contribution in [0.2, 0.25) is 0 Å². The van der Waals surface area contributed by atoms with Gasteiger partial charge in [-0.1, -0.05) is 0 Å². The second-order valence-corrected chi connectivity index (χ2v) is 4.28. The predicted octanol–water partition coefficient (Wildman–Crippen LogP) is -0.0390. The maximum atomic E-state index is 11.7. The molecule has 0 aromatic rings. The highest BCUT2D eigenvalue weighted by atomic mass is 32.2. The Morgan fingerprint density at radius 2 is 2.07 bits per heavy atom. The first kappa shape index (κ1) is 12.0. The Kier molecular flexibility index (Phi) is 3.09. The van der Waals surface area contributed by atoms with Gasteiger partial charge in [0.15, 0.2) is 0 Å². The number of hydrogen-bond acceptors (Lipinski definition) is 5. The van der Waals surface area contributed by atoms with Crippen LogP contribution in [0.5, 0.6) is 0 Å². The van der Waals surface area contributed by atoms with Crippen LogP contribution in [0.1, 0.15) is 0 Å². The molecule has 6 nitrogen and oxygen atoms in total. The lowest BCUT2D eigenvalue weighted by Crippen LogP contribution is -2.40. The van der Waals surface area contributed by atoms with Gasteiger partial charge in [0.05, 0.1) is 6.61 Å². The molecule has 1 amide bonds. The first-order valence-electron chi connectivity index (χ1n) is 3.60. The molecule has 0 saturated carbocycles. The highest BCUT2D eigenvalue weighted by Gasteiger charge is 2.47. The first-order valence-corrected chi connectivity index (χ1v) is 5.08. The van der Waals surface area contributed by atoms with Crippen LogP contribution in [-0.2, 0) is 19.5 Å². The Morgan fingerprint density at radius 1 is 1.53 bits per heavy atom. The van der Waals surface area contributed by atoms with Gasteiger partial charge in [-0.25, -0.2) is 9.52 Å². The van der Waals surface area contributed by atoms with Crippen molar-refractivity contribution >= 4 is 16.1 Å². The van der Waals surface area contributed by atoms with E-state index in [1.165, 1.54) is 0 Å². The average Bonchev–Trinajstić information content (AvgIpc) is 2.80. The van der Waals surface area contributed by atoms with Gasteiger partial charge in [0.25, 0.3) is 0 Å². The topological polar surface area (TPSA) is 85.0 Å². The van der Waals surface area contributed by atoms with Gasteiger partial charge in [-0.3, -0.25) is 0 Å². The Hall–Kier alpha value is -1.03. The molecular formula is C5H6F3NO5S. The summed E-state index contributed by atoms with van der Waals surface area (Å²) in [5.74, 6) is 0. The van der Waals surface area contributed by atoms with Gasteiger partial charge >= 0.3 is 21.6 Å². The lowest BCUT2D eigenvalue weighted by Gasteiger charge is -2.08. The number of epoxide rings is 1. The van der Waals surface area contributed by atoms with E-state index >= 15 is 0 Å². The van der Waals surface area contributed by atoms with Crippen LogP contribution in [0.4, 0.5) is 18.0 Å². The van der Waals surface area contributed by atoms with Gasteiger partial charge in [-0.05, 0) is 0 Å². The van der Waals surface area contributed by atoms with Crippen LogP contribution in [0.25, 0.3) is 0 Å². The van der Waals surface area contributed by atoms with E-state index < -0.39 is 21.6 Å². The normalized spacial score (nSPS) is 20.9. The maximum absolute atomic E-state index is 11.7. The summed E-state index contributed by atoms with van der Waals surface area (Å²) in [4.78, 5) is 10.6. The lowest BCUT2D eigenvalue weighted by molar-refractivity contribution is -0.0447. The quantitative estimate of drug-likeness (QED) is 0.709. The SMILES string of the molecule is O=C(NS(=O)(=O)C(F)(F)F)OCC1CO1. The van der Waals surface area contributed by atoms with E-state index in [1.54, 1.807) is 0 Å². The van der Waals surface area contributed by atoms with Crippen LogP contribution in [0.15, 0.2) is 0 Å². The molecule has 1 heterocycles. The summed E-state index contributed by atoms with van der Waals surface area (Å²) < 4.78 is 65.3. The minimum absolute atomic E-state index is 0.279. The maximum Gasteiger partial charge on any atom is 0.516 e. The number of rotatable bonds is 3. The second-order valence-electron chi connectivity index (χ2n) is 2.61. The number of amides is 1. The van der Waals surface area contributed by atoms with Gasteiger partial charge in [0.1, 0.15) is 12.7 Å². The van der Waals surface area contributed by atoms with Gasteiger partial charge in [-0.2, -0.15) is 21.6 Å². The smallest absolute Gasteiger partial charge is 0.446 e. The molecule has 0 radical (unpaired) electrons. The van der Waals surface area contributed by atoms with Crippen molar-refractivity contribution in [3.63, 3.8) is 0 Å². The highest BCUT2D eigenvalue weighted by Crippen LogP contribution is 2.21. The summed E-state index contributed by atoms with van der Waals surface area (Å²) in [7, 11) is -5.69. The van der Waals surface area contributed by atoms with Crippen molar-refractivity contribution < 1.29 is 35.9 Å². The van der Waals surface area contributed by atoms with E-state index in [2.05, 4.69) is 9.47 Å². The van der Waals surface area contributed by atoms with Gasteiger partial charge < -0.3 is 9.47 Å². The van der Waals surface area contributed by atoms with Crippen molar-refractivity contribution in [1.29, 1.82) is 0 Å². The Balaban J connectivity index is 2.42. The minimum Gasteiger partial charge on any atom is -0.446 e. The van der Waals surface area contributed by atoms with E-state index in [9.17, 15) is 26.4 Å². The first-order chi connectivity index (χ1) is 6.72. The fourth-order valence-corrected chi connectivity index (χ4v) is 0.924. The zero-order chi connectivity index (χ0) is 11.7. The molecule has 1 fully saturated rings. The zero-order valence-electron chi connectivity index (χ0n) is 7.07. The summed E-state index contributed by atoms with van der Waals surface area (Å²) >= 11 is 0. The fourth-order valence-electron chi connectivity index (χ4n) is 0.530. The summed E-state index contributed by atoms with van der Waals surface area (Å²) in [6, 6.07) is 0. The molecular weight excluding hydrogens is 243 g/mol. The third-order valence-electron chi connectivity index (χ3n) is 1.33. The Morgan fingerprint density at radius 3 is 2.47 bits per heavy atom. The van der Waals surface area contributed by atoms with Crippen LogP contribution < -0.4 is 4.72 Å². The van der Waals surface area contributed by atoms with Crippen LogP contribution in [0, 0.1) is 0 Å². The predicted molar refractivity (Wildman–Crippen MR) is 39.2 cm³/mol.